The van der Waals surface area contributed by atoms with Crippen molar-refractivity contribution in [3.05, 3.63) is 66.5 Å². The monoisotopic (exact) mass is 271 g/mol. The van der Waals surface area contributed by atoms with Crippen molar-refractivity contribution >= 4 is 0 Å². The first-order chi connectivity index (χ1) is 9.61. The van der Waals surface area contributed by atoms with Gasteiger partial charge in [0.05, 0.1) is 11.7 Å². The summed E-state index contributed by atoms with van der Waals surface area (Å²) < 4.78 is 0. The minimum atomic E-state index is 0.170. The molecule has 2 atom stereocenters. The van der Waals surface area contributed by atoms with Crippen molar-refractivity contribution in [3.8, 4) is 0 Å². The molecule has 1 rings (SSSR count). The Labute approximate surface area is 122 Å². The van der Waals surface area contributed by atoms with Gasteiger partial charge in [-0.25, -0.2) is 5.01 Å². The summed E-state index contributed by atoms with van der Waals surface area (Å²) in [5.74, 6) is 0. The van der Waals surface area contributed by atoms with Gasteiger partial charge in [0.1, 0.15) is 0 Å². The lowest BCUT2D eigenvalue weighted by atomic mass is 10.1. The van der Waals surface area contributed by atoms with Crippen LogP contribution < -0.4 is 5.43 Å². The van der Waals surface area contributed by atoms with Crippen LogP contribution in [0.15, 0.2) is 60.9 Å². The predicted octanol–water partition coefficient (Wildman–Crippen LogP) is 3.66. The number of aromatic nitrogens is 1. The highest BCUT2D eigenvalue weighted by Gasteiger charge is 2.21. The van der Waals surface area contributed by atoms with E-state index in [9.17, 15) is 0 Å². The Kier molecular flexibility index (Phi) is 6.91. The van der Waals surface area contributed by atoms with Crippen molar-refractivity contribution in [3.63, 3.8) is 0 Å². The van der Waals surface area contributed by atoms with Crippen molar-refractivity contribution in [2.24, 2.45) is 0 Å². The van der Waals surface area contributed by atoms with E-state index >= 15 is 0 Å². The molecule has 0 saturated heterocycles. The number of hydrogen-bond acceptors (Lipinski definition) is 3. The van der Waals surface area contributed by atoms with Gasteiger partial charge in [-0.15, -0.1) is 0 Å². The largest absolute Gasteiger partial charge is 0.260 e. The molecule has 0 saturated carbocycles. The van der Waals surface area contributed by atoms with Gasteiger partial charge >= 0.3 is 0 Å². The van der Waals surface area contributed by atoms with Crippen LogP contribution in [0.5, 0.6) is 0 Å². The van der Waals surface area contributed by atoms with Crippen LogP contribution in [-0.4, -0.2) is 23.1 Å². The van der Waals surface area contributed by atoms with Crippen molar-refractivity contribution in [2.75, 3.05) is 7.05 Å². The highest BCUT2D eigenvalue weighted by molar-refractivity contribution is 5.24. The summed E-state index contributed by atoms with van der Waals surface area (Å²) in [4.78, 5) is 4.42. The van der Waals surface area contributed by atoms with Gasteiger partial charge in [-0.1, -0.05) is 36.9 Å². The van der Waals surface area contributed by atoms with E-state index in [1.54, 1.807) is 0 Å². The zero-order chi connectivity index (χ0) is 15.0. The summed E-state index contributed by atoms with van der Waals surface area (Å²) in [7, 11) is 1.93. The quantitative estimate of drug-likeness (QED) is 0.606. The number of nitrogens with zero attached hydrogens (tertiary/aromatic N) is 2. The van der Waals surface area contributed by atoms with Crippen LogP contribution >= 0.6 is 0 Å². The maximum Gasteiger partial charge on any atom is 0.0643 e. The number of pyridine rings is 1. The van der Waals surface area contributed by atoms with E-state index in [1.807, 2.05) is 62.7 Å². The summed E-state index contributed by atoms with van der Waals surface area (Å²) in [6, 6.07) is 6.34. The summed E-state index contributed by atoms with van der Waals surface area (Å²) in [6.45, 7) is 10.4. The van der Waals surface area contributed by atoms with Crippen LogP contribution in [0.2, 0.25) is 0 Å². The molecule has 0 aliphatic carbocycles. The number of rotatable bonds is 7. The molecule has 1 heterocycles. The fourth-order valence-corrected chi connectivity index (χ4v) is 2.10. The Morgan fingerprint density at radius 2 is 2.10 bits per heavy atom. The number of allylic oxidation sites excluding steroid dienone is 3. The Hall–Kier alpha value is -1.71. The molecule has 3 nitrogen and oxygen atoms in total. The van der Waals surface area contributed by atoms with Gasteiger partial charge in [-0.3, -0.25) is 10.4 Å². The van der Waals surface area contributed by atoms with Crippen molar-refractivity contribution in [1.29, 1.82) is 0 Å². The van der Waals surface area contributed by atoms with Gasteiger partial charge in [-0.2, -0.15) is 0 Å². The third-order valence-electron chi connectivity index (χ3n) is 3.36. The second kappa shape index (κ2) is 8.46. The Balaban J connectivity index is 2.81. The first-order valence-corrected chi connectivity index (χ1v) is 6.96. The molecule has 0 aromatic carbocycles. The highest BCUT2D eigenvalue weighted by atomic mass is 15.5. The molecule has 0 bridgehead atoms. The molecule has 1 N–H and O–H groups in total. The SMILES string of the molecule is C=C(/C=C\C=C/C)C(C)N(NC)C(C)c1ccccn1. The first kappa shape index (κ1) is 16.3. The average Bonchev–Trinajstić information content (AvgIpc) is 2.48. The van der Waals surface area contributed by atoms with Crippen LogP contribution in [-0.2, 0) is 0 Å². The normalized spacial score (nSPS) is 15.1. The van der Waals surface area contributed by atoms with E-state index in [0.29, 0.717) is 0 Å². The van der Waals surface area contributed by atoms with Gasteiger partial charge in [0.15, 0.2) is 0 Å². The van der Waals surface area contributed by atoms with E-state index in [0.717, 1.165) is 11.3 Å². The molecule has 2 unspecified atom stereocenters. The van der Waals surface area contributed by atoms with Crippen LogP contribution in [0, 0.1) is 0 Å². The Morgan fingerprint density at radius 3 is 2.65 bits per heavy atom. The third-order valence-corrected chi connectivity index (χ3v) is 3.36. The van der Waals surface area contributed by atoms with E-state index in [-0.39, 0.29) is 12.1 Å². The summed E-state index contributed by atoms with van der Waals surface area (Å²) in [5, 5.41) is 2.16. The van der Waals surface area contributed by atoms with Crippen LogP contribution in [0.25, 0.3) is 0 Å². The topological polar surface area (TPSA) is 28.2 Å². The Morgan fingerprint density at radius 1 is 1.35 bits per heavy atom. The molecule has 1 aromatic rings. The fraction of sp³-hybridized carbons (Fsp3) is 0.353. The molecular weight excluding hydrogens is 246 g/mol. The molecule has 0 radical (unpaired) electrons. The second-order valence-corrected chi connectivity index (χ2v) is 4.70. The zero-order valence-electron chi connectivity index (χ0n) is 12.9. The van der Waals surface area contributed by atoms with E-state index < -0.39 is 0 Å². The summed E-state index contributed by atoms with van der Waals surface area (Å²) >= 11 is 0. The van der Waals surface area contributed by atoms with Gasteiger partial charge in [0.25, 0.3) is 0 Å². The molecule has 0 aliphatic heterocycles. The van der Waals surface area contributed by atoms with Crippen LogP contribution in [0.4, 0.5) is 0 Å². The van der Waals surface area contributed by atoms with Crippen LogP contribution in [0.1, 0.15) is 32.5 Å². The Bertz CT molecular complexity index is 462. The highest BCUT2D eigenvalue weighted by Crippen LogP contribution is 2.21. The standard InChI is InChI=1S/C17H25N3/c1-6-7-8-11-14(2)15(3)20(18-5)16(4)17-12-9-10-13-19-17/h6-13,15-16,18H,2H2,1,3-5H3/b7-6-,11-8-. The number of hydrazine groups is 1. The lowest BCUT2D eigenvalue weighted by molar-refractivity contribution is 0.116. The third kappa shape index (κ3) is 4.44. The van der Waals surface area contributed by atoms with Gasteiger partial charge in [0, 0.05) is 12.2 Å². The molecular formula is C17H25N3. The molecule has 0 amide bonds. The van der Waals surface area contributed by atoms with Crippen molar-refractivity contribution in [2.45, 2.75) is 32.9 Å². The summed E-state index contributed by atoms with van der Waals surface area (Å²) in [6.07, 6.45) is 9.88. The van der Waals surface area contributed by atoms with Crippen molar-refractivity contribution < 1.29 is 0 Å². The molecule has 1 aromatic heterocycles. The molecule has 0 aliphatic rings. The lowest BCUT2D eigenvalue weighted by Crippen LogP contribution is -2.44. The van der Waals surface area contributed by atoms with Crippen LogP contribution in [0.3, 0.4) is 0 Å². The van der Waals surface area contributed by atoms with E-state index in [4.69, 9.17) is 0 Å². The molecule has 0 spiro atoms. The van der Waals surface area contributed by atoms with E-state index in [1.165, 1.54) is 0 Å². The van der Waals surface area contributed by atoms with Gasteiger partial charge in [0.2, 0.25) is 0 Å². The second-order valence-electron chi connectivity index (χ2n) is 4.70. The minimum Gasteiger partial charge on any atom is -0.260 e. The van der Waals surface area contributed by atoms with Crippen molar-refractivity contribution in [1.82, 2.24) is 15.4 Å². The van der Waals surface area contributed by atoms with Gasteiger partial charge in [-0.05, 0) is 45.5 Å². The molecule has 0 fully saturated rings. The molecule has 3 heteroatoms. The first-order valence-electron chi connectivity index (χ1n) is 6.96. The smallest absolute Gasteiger partial charge is 0.0643 e. The predicted molar refractivity (Wildman–Crippen MR) is 86.1 cm³/mol. The number of nitrogens with one attached hydrogen (secondary N) is 1. The number of hydrogen-bond donors (Lipinski definition) is 1. The molecule has 108 valence electrons. The maximum absolute atomic E-state index is 4.42. The minimum absolute atomic E-state index is 0.170. The fourth-order valence-electron chi connectivity index (χ4n) is 2.10. The zero-order valence-corrected chi connectivity index (χ0v) is 12.9. The van der Waals surface area contributed by atoms with Gasteiger partial charge < -0.3 is 0 Å². The van der Waals surface area contributed by atoms with E-state index in [2.05, 4.69) is 35.8 Å². The average molecular weight is 271 g/mol. The maximum atomic E-state index is 4.42. The summed E-state index contributed by atoms with van der Waals surface area (Å²) in [5.41, 5.74) is 5.35. The lowest BCUT2D eigenvalue weighted by Gasteiger charge is -2.33. The molecule has 20 heavy (non-hydrogen) atoms.